The maximum atomic E-state index is 12.7. The molecule has 0 saturated carbocycles. The van der Waals surface area contributed by atoms with Gasteiger partial charge in [0.15, 0.2) is 0 Å². The zero-order chi connectivity index (χ0) is 16.6. The number of benzene rings is 2. The maximum absolute atomic E-state index is 12.7. The van der Waals surface area contributed by atoms with Gasteiger partial charge in [0.1, 0.15) is 5.75 Å². The van der Waals surface area contributed by atoms with Crippen molar-refractivity contribution in [2.24, 2.45) is 0 Å². The molecule has 2 aromatic rings. The molecule has 0 aromatic heterocycles. The number of carbonyl (C=O) groups excluding carboxylic acids is 2. The summed E-state index contributed by atoms with van der Waals surface area (Å²) >= 11 is 0. The van der Waals surface area contributed by atoms with Crippen LogP contribution in [0.15, 0.2) is 48.5 Å². The van der Waals surface area contributed by atoms with E-state index in [4.69, 9.17) is 0 Å². The third-order valence-corrected chi connectivity index (χ3v) is 4.15. The first-order valence-electron chi connectivity index (χ1n) is 7.47. The van der Waals surface area contributed by atoms with Crippen molar-refractivity contribution >= 4 is 23.2 Å². The van der Waals surface area contributed by atoms with Crippen LogP contribution >= 0.6 is 0 Å². The first kappa shape index (κ1) is 15.1. The highest BCUT2D eigenvalue weighted by Crippen LogP contribution is 2.32. The summed E-state index contributed by atoms with van der Waals surface area (Å²) in [6.07, 6.45) is 0.748. The fourth-order valence-corrected chi connectivity index (χ4v) is 2.92. The van der Waals surface area contributed by atoms with E-state index in [0.717, 1.165) is 17.7 Å². The van der Waals surface area contributed by atoms with Gasteiger partial charge in [-0.3, -0.25) is 9.59 Å². The Labute approximate surface area is 134 Å². The third-order valence-electron chi connectivity index (χ3n) is 4.15. The molecule has 0 radical (unpaired) electrons. The van der Waals surface area contributed by atoms with Crippen molar-refractivity contribution in [2.45, 2.75) is 19.4 Å². The summed E-state index contributed by atoms with van der Waals surface area (Å²) in [5.74, 6) is -1.03. The normalized spacial score (nSPS) is 16.1. The van der Waals surface area contributed by atoms with E-state index in [9.17, 15) is 14.7 Å². The molecule has 2 aromatic carbocycles. The van der Waals surface area contributed by atoms with Crippen LogP contribution in [0.3, 0.4) is 0 Å². The number of fused-ring (bicyclic) bond motifs is 1. The SMILES string of the molecule is CC1Cc2ccccc2N1C(=O)C(=O)N(C)c1ccc(O)cc1. The molecule has 2 amide bonds. The van der Waals surface area contributed by atoms with Gasteiger partial charge in [0.25, 0.3) is 0 Å². The van der Waals surface area contributed by atoms with Gasteiger partial charge in [0.05, 0.1) is 0 Å². The fraction of sp³-hybridized carbons (Fsp3) is 0.222. The van der Waals surface area contributed by atoms with Gasteiger partial charge < -0.3 is 14.9 Å². The van der Waals surface area contributed by atoms with E-state index < -0.39 is 11.8 Å². The van der Waals surface area contributed by atoms with Crippen molar-refractivity contribution in [3.05, 3.63) is 54.1 Å². The number of aromatic hydroxyl groups is 1. The van der Waals surface area contributed by atoms with Crippen molar-refractivity contribution in [1.82, 2.24) is 0 Å². The molecule has 0 bridgehead atoms. The van der Waals surface area contributed by atoms with Crippen LogP contribution < -0.4 is 9.80 Å². The zero-order valence-electron chi connectivity index (χ0n) is 13.1. The number of hydrogen-bond donors (Lipinski definition) is 1. The number of hydrogen-bond acceptors (Lipinski definition) is 3. The highest BCUT2D eigenvalue weighted by atomic mass is 16.3. The lowest BCUT2D eigenvalue weighted by molar-refractivity contribution is -0.136. The van der Waals surface area contributed by atoms with Crippen LogP contribution in [0.4, 0.5) is 11.4 Å². The first-order chi connectivity index (χ1) is 11.0. The second-order valence-electron chi connectivity index (χ2n) is 5.74. The van der Waals surface area contributed by atoms with Gasteiger partial charge in [-0.05, 0) is 49.2 Å². The standard InChI is InChI=1S/C18H18N2O3/c1-12-11-13-5-3-4-6-16(13)20(12)18(23)17(22)19(2)14-7-9-15(21)10-8-14/h3-10,12,21H,11H2,1-2H3. The van der Waals surface area contributed by atoms with Crippen molar-refractivity contribution in [3.63, 3.8) is 0 Å². The predicted molar refractivity (Wildman–Crippen MR) is 88.6 cm³/mol. The fourth-order valence-electron chi connectivity index (χ4n) is 2.92. The zero-order valence-corrected chi connectivity index (χ0v) is 13.1. The van der Waals surface area contributed by atoms with Crippen LogP contribution in [0.25, 0.3) is 0 Å². The van der Waals surface area contributed by atoms with Gasteiger partial charge in [0.2, 0.25) is 0 Å². The van der Waals surface area contributed by atoms with Crippen molar-refractivity contribution in [3.8, 4) is 5.75 Å². The Hall–Kier alpha value is -2.82. The third kappa shape index (κ3) is 2.65. The Morgan fingerprint density at radius 2 is 1.78 bits per heavy atom. The predicted octanol–water partition coefficient (Wildman–Crippen LogP) is 2.33. The van der Waals surface area contributed by atoms with Crippen LogP contribution in [0.1, 0.15) is 12.5 Å². The highest BCUT2D eigenvalue weighted by molar-refractivity contribution is 6.45. The van der Waals surface area contributed by atoms with Gasteiger partial charge in [-0.1, -0.05) is 18.2 Å². The van der Waals surface area contributed by atoms with Gasteiger partial charge in [0, 0.05) is 24.5 Å². The van der Waals surface area contributed by atoms with Crippen molar-refractivity contribution in [1.29, 1.82) is 0 Å². The Kier molecular flexibility index (Phi) is 3.78. The lowest BCUT2D eigenvalue weighted by Crippen LogP contribution is -2.46. The summed E-state index contributed by atoms with van der Waals surface area (Å²) in [4.78, 5) is 28.1. The average molecular weight is 310 g/mol. The molecule has 118 valence electrons. The van der Waals surface area contributed by atoms with E-state index in [1.54, 1.807) is 24.1 Å². The molecule has 0 saturated heterocycles. The number of amides is 2. The number of carbonyl (C=O) groups is 2. The monoisotopic (exact) mass is 310 g/mol. The summed E-state index contributed by atoms with van der Waals surface area (Å²) in [5.41, 5.74) is 2.44. The minimum atomic E-state index is -0.598. The van der Waals surface area contributed by atoms with E-state index >= 15 is 0 Å². The van der Waals surface area contributed by atoms with E-state index in [2.05, 4.69) is 0 Å². The molecule has 0 fully saturated rings. The van der Waals surface area contributed by atoms with Crippen LogP contribution in [-0.4, -0.2) is 30.0 Å². The molecule has 1 aliphatic rings. The number of phenols is 1. The van der Waals surface area contributed by atoms with Gasteiger partial charge in [-0.15, -0.1) is 0 Å². The molecule has 1 atom stereocenters. The summed E-state index contributed by atoms with van der Waals surface area (Å²) in [6, 6.07) is 13.8. The molecule has 1 aliphatic heterocycles. The Morgan fingerprint density at radius 3 is 2.48 bits per heavy atom. The Morgan fingerprint density at radius 1 is 1.13 bits per heavy atom. The second kappa shape index (κ2) is 5.76. The Bertz CT molecular complexity index is 755. The van der Waals surface area contributed by atoms with Gasteiger partial charge in [-0.25, -0.2) is 0 Å². The largest absolute Gasteiger partial charge is 0.508 e. The van der Waals surface area contributed by atoms with Gasteiger partial charge in [-0.2, -0.15) is 0 Å². The molecular formula is C18H18N2O3. The lowest BCUT2D eigenvalue weighted by Gasteiger charge is -2.25. The van der Waals surface area contributed by atoms with Crippen LogP contribution in [0.2, 0.25) is 0 Å². The molecule has 0 spiro atoms. The quantitative estimate of drug-likeness (QED) is 0.822. The Balaban J connectivity index is 1.85. The van der Waals surface area contributed by atoms with Crippen LogP contribution in [0.5, 0.6) is 5.75 Å². The average Bonchev–Trinajstić information content (AvgIpc) is 2.89. The summed E-state index contributed by atoms with van der Waals surface area (Å²) < 4.78 is 0. The van der Waals surface area contributed by atoms with E-state index in [0.29, 0.717) is 5.69 Å². The number of likely N-dealkylation sites (N-methyl/N-ethyl adjacent to an activating group) is 1. The van der Waals surface area contributed by atoms with Gasteiger partial charge >= 0.3 is 11.8 Å². The lowest BCUT2D eigenvalue weighted by atomic mass is 10.1. The topological polar surface area (TPSA) is 60.9 Å². The minimum Gasteiger partial charge on any atom is -0.508 e. The number of phenolic OH excluding ortho intramolecular Hbond substituents is 1. The molecule has 5 nitrogen and oxygen atoms in total. The molecule has 0 aliphatic carbocycles. The van der Waals surface area contributed by atoms with Crippen LogP contribution in [0, 0.1) is 0 Å². The molecule has 23 heavy (non-hydrogen) atoms. The molecule has 5 heteroatoms. The van der Waals surface area contributed by atoms with Crippen molar-refractivity contribution in [2.75, 3.05) is 16.8 Å². The number of rotatable bonds is 1. The molecule has 3 rings (SSSR count). The molecule has 1 heterocycles. The smallest absolute Gasteiger partial charge is 0.317 e. The summed E-state index contributed by atoms with van der Waals surface area (Å²) in [6.45, 7) is 1.94. The molecular weight excluding hydrogens is 292 g/mol. The maximum Gasteiger partial charge on any atom is 0.317 e. The minimum absolute atomic E-state index is 0.0444. The van der Waals surface area contributed by atoms with Crippen LogP contribution in [-0.2, 0) is 16.0 Å². The number of para-hydroxylation sites is 1. The number of anilines is 2. The van der Waals surface area contributed by atoms with E-state index in [-0.39, 0.29) is 11.8 Å². The van der Waals surface area contributed by atoms with E-state index in [1.165, 1.54) is 17.0 Å². The molecule has 1 N–H and O–H groups in total. The van der Waals surface area contributed by atoms with E-state index in [1.807, 2.05) is 31.2 Å². The molecule has 1 unspecified atom stereocenters. The second-order valence-corrected chi connectivity index (χ2v) is 5.74. The first-order valence-corrected chi connectivity index (χ1v) is 7.47. The summed E-state index contributed by atoms with van der Waals surface area (Å²) in [7, 11) is 1.55. The number of nitrogens with zero attached hydrogens (tertiary/aromatic N) is 2. The highest BCUT2D eigenvalue weighted by Gasteiger charge is 2.35. The summed E-state index contributed by atoms with van der Waals surface area (Å²) in [5, 5.41) is 9.32. The van der Waals surface area contributed by atoms with Crippen molar-refractivity contribution < 1.29 is 14.7 Å².